The maximum atomic E-state index is 13.6. The largest absolute Gasteiger partial charge is 0.385 e. The second kappa shape index (κ2) is 13.1. The van der Waals surface area contributed by atoms with Crippen LogP contribution < -0.4 is 9.80 Å². The molecule has 5 rings (SSSR count). The summed E-state index contributed by atoms with van der Waals surface area (Å²) in [6, 6.07) is 13.9. The fourth-order valence-corrected chi connectivity index (χ4v) is 4.80. The summed E-state index contributed by atoms with van der Waals surface area (Å²) < 4.78 is 33.8. The first-order chi connectivity index (χ1) is 19.9. The third-order valence-electron chi connectivity index (χ3n) is 7.14. The summed E-state index contributed by atoms with van der Waals surface area (Å²) >= 11 is 0. The minimum Gasteiger partial charge on any atom is -0.385 e. The van der Waals surface area contributed by atoms with E-state index in [1.807, 2.05) is 18.0 Å². The molecule has 0 saturated carbocycles. The van der Waals surface area contributed by atoms with Crippen molar-refractivity contribution in [2.24, 2.45) is 0 Å². The van der Waals surface area contributed by atoms with Gasteiger partial charge in [0, 0.05) is 70.7 Å². The highest BCUT2D eigenvalue weighted by Crippen LogP contribution is 2.24. The second-order valence-electron chi connectivity index (χ2n) is 9.96. The first kappa shape index (κ1) is 28.5. The lowest BCUT2D eigenvalue weighted by atomic mass is 10.2. The van der Waals surface area contributed by atoms with Gasteiger partial charge in [0.1, 0.15) is 35.8 Å². The van der Waals surface area contributed by atoms with Gasteiger partial charge in [0.2, 0.25) is 0 Å². The van der Waals surface area contributed by atoms with Gasteiger partial charge >= 0.3 is 0 Å². The number of aromatic nitrogens is 5. The number of halogens is 2. The maximum absolute atomic E-state index is 13.6. The summed E-state index contributed by atoms with van der Waals surface area (Å²) in [4.78, 5) is 19.8. The summed E-state index contributed by atoms with van der Waals surface area (Å²) in [5.41, 5.74) is 1.31. The lowest BCUT2D eigenvalue weighted by molar-refractivity contribution is -0.0136. The molecule has 0 radical (unpaired) electrons. The smallest absolute Gasteiger partial charge is 0.181 e. The number of rotatable bonds is 11. The molecule has 10 nitrogen and oxygen atoms in total. The fourth-order valence-electron chi connectivity index (χ4n) is 4.80. The second-order valence-corrected chi connectivity index (χ2v) is 9.96. The molecular formula is C29H34F2N8O2. The number of aliphatic hydroxyl groups excluding tert-OH is 1. The van der Waals surface area contributed by atoms with E-state index < -0.39 is 6.23 Å². The van der Waals surface area contributed by atoms with Crippen molar-refractivity contribution in [1.82, 2.24) is 29.6 Å². The Kier molecular flexibility index (Phi) is 9.12. The highest BCUT2D eigenvalue weighted by molar-refractivity contribution is 5.61. The Balaban J connectivity index is 1.26. The number of hydrogen-bond donors (Lipinski definition) is 1. The Hall–Kier alpha value is -4.00. The average molecular weight is 565 g/mol. The molecule has 1 fully saturated rings. The Bertz CT molecular complexity index is 1410. The standard InChI is InChI=1S/C29H34F2N8O2/c1-36(12-3-17-41-2)25-18-26(33-20-32-25)37-13-15-38(16-14-37)27(40)19-39-29(22-6-10-24(31)11-7-22)34-28(35-39)21-4-8-23(30)9-5-21/h4-11,18,20,27,40H,3,12-17,19H2,1-2H3. The average Bonchev–Trinajstić information content (AvgIpc) is 3.41. The number of anilines is 2. The summed E-state index contributed by atoms with van der Waals surface area (Å²) in [6.45, 7) is 4.29. The molecule has 0 bridgehead atoms. The van der Waals surface area contributed by atoms with Gasteiger partial charge in [-0.15, -0.1) is 0 Å². The quantitative estimate of drug-likeness (QED) is 0.275. The van der Waals surface area contributed by atoms with Gasteiger partial charge in [-0.05, 0) is 55.0 Å². The van der Waals surface area contributed by atoms with Gasteiger partial charge in [-0.2, -0.15) is 5.10 Å². The van der Waals surface area contributed by atoms with E-state index in [4.69, 9.17) is 4.74 Å². The van der Waals surface area contributed by atoms with E-state index in [0.717, 1.165) is 24.6 Å². The Labute approximate surface area is 237 Å². The molecule has 2 aromatic heterocycles. The van der Waals surface area contributed by atoms with Crippen LogP contribution in [0.3, 0.4) is 0 Å². The zero-order chi connectivity index (χ0) is 28.8. The van der Waals surface area contributed by atoms with Crippen LogP contribution in [-0.2, 0) is 11.3 Å². The van der Waals surface area contributed by atoms with Crippen molar-refractivity contribution in [3.63, 3.8) is 0 Å². The third-order valence-corrected chi connectivity index (χ3v) is 7.14. The number of benzene rings is 2. The SMILES string of the molecule is COCCCN(C)c1cc(N2CCN(C(O)Cn3nc(-c4ccc(F)cc4)nc3-c3ccc(F)cc3)CC2)ncn1. The number of nitrogens with zero attached hydrogens (tertiary/aromatic N) is 8. The van der Waals surface area contributed by atoms with E-state index in [0.29, 0.717) is 55.6 Å². The van der Waals surface area contributed by atoms with Crippen LogP contribution >= 0.6 is 0 Å². The highest BCUT2D eigenvalue weighted by atomic mass is 19.1. The lowest BCUT2D eigenvalue weighted by Gasteiger charge is -2.37. The summed E-state index contributed by atoms with van der Waals surface area (Å²) in [5.74, 6) is 1.88. The monoisotopic (exact) mass is 564 g/mol. The first-order valence-corrected chi connectivity index (χ1v) is 13.6. The van der Waals surface area contributed by atoms with E-state index in [9.17, 15) is 13.9 Å². The van der Waals surface area contributed by atoms with Crippen LogP contribution in [0, 0.1) is 11.6 Å². The molecule has 0 amide bonds. The highest BCUT2D eigenvalue weighted by Gasteiger charge is 2.25. The van der Waals surface area contributed by atoms with Crippen molar-refractivity contribution in [1.29, 1.82) is 0 Å². The molecule has 1 N–H and O–H groups in total. The van der Waals surface area contributed by atoms with Gasteiger partial charge in [-0.3, -0.25) is 4.90 Å². The molecule has 4 aromatic rings. The minimum absolute atomic E-state index is 0.158. The Morgan fingerprint density at radius 2 is 1.61 bits per heavy atom. The molecule has 1 aliphatic rings. The molecule has 216 valence electrons. The zero-order valence-electron chi connectivity index (χ0n) is 23.2. The van der Waals surface area contributed by atoms with Crippen molar-refractivity contribution in [2.45, 2.75) is 19.2 Å². The molecule has 1 aliphatic heterocycles. The third kappa shape index (κ3) is 7.02. The molecule has 0 spiro atoms. The number of methoxy groups -OCH3 is 1. The predicted molar refractivity (Wildman–Crippen MR) is 152 cm³/mol. The van der Waals surface area contributed by atoms with Gasteiger partial charge in [-0.25, -0.2) is 28.4 Å². The van der Waals surface area contributed by atoms with Crippen LogP contribution in [0.4, 0.5) is 20.4 Å². The van der Waals surface area contributed by atoms with Gasteiger partial charge in [0.25, 0.3) is 0 Å². The maximum Gasteiger partial charge on any atom is 0.181 e. The van der Waals surface area contributed by atoms with E-state index in [1.54, 1.807) is 42.4 Å². The van der Waals surface area contributed by atoms with Crippen LogP contribution in [0.15, 0.2) is 60.9 Å². The number of ether oxygens (including phenoxy) is 1. The lowest BCUT2D eigenvalue weighted by Crippen LogP contribution is -2.51. The van der Waals surface area contributed by atoms with Crippen molar-refractivity contribution in [3.8, 4) is 22.8 Å². The topological polar surface area (TPSA) is 95.7 Å². The summed E-state index contributed by atoms with van der Waals surface area (Å²) in [7, 11) is 3.70. The van der Waals surface area contributed by atoms with E-state index in [2.05, 4.69) is 29.9 Å². The van der Waals surface area contributed by atoms with Crippen molar-refractivity contribution < 1.29 is 18.6 Å². The summed E-state index contributed by atoms with van der Waals surface area (Å²) in [6.07, 6.45) is 1.66. The van der Waals surface area contributed by atoms with Crippen LogP contribution in [0.25, 0.3) is 22.8 Å². The summed E-state index contributed by atoms with van der Waals surface area (Å²) in [5, 5.41) is 15.8. The van der Waals surface area contributed by atoms with Crippen LogP contribution in [0.2, 0.25) is 0 Å². The van der Waals surface area contributed by atoms with E-state index in [-0.39, 0.29) is 18.2 Å². The molecule has 12 heteroatoms. The molecular weight excluding hydrogens is 530 g/mol. The molecule has 1 saturated heterocycles. The van der Waals surface area contributed by atoms with Gasteiger partial charge in [0.05, 0.1) is 6.54 Å². The number of hydrogen-bond acceptors (Lipinski definition) is 9. The van der Waals surface area contributed by atoms with Gasteiger partial charge in [-0.1, -0.05) is 0 Å². The molecule has 0 aliphatic carbocycles. The van der Waals surface area contributed by atoms with Crippen LogP contribution in [-0.4, -0.2) is 94.5 Å². The Morgan fingerprint density at radius 1 is 0.951 bits per heavy atom. The molecule has 2 aromatic carbocycles. The molecule has 41 heavy (non-hydrogen) atoms. The van der Waals surface area contributed by atoms with E-state index in [1.165, 1.54) is 24.3 Å². The number of piperazine rings is 1. The first-order valence-electron chi connectivity index (χ1n) is 13.6. The van der Waals surface area contributed by atoms with Crippen molar-refractivity contribution >= 4 is 11.6 Å². The zero-order valence-corrected chi connectivity index (χ0v) is 23.2. The van der Waals surface area contributed by atoms with Crippen LogP contribution in [0.5, 0.6) is 0 Å². The van der Waals surface area contributed by atoms with Crippen molar-refractivity contribution in [3.05, 3.63) is 72.6 Å². The predicted octanol–water partition coefficient (Wildman–Crippen LogP) is 3.29. The molecule has 3 heterocycles. The minimum atomic E-state index is -0.827. The number of aliphatic hydroxyl groups is 1. The molecule has 1 atom stereocenters. The van der Waals surface area contributed by atoms with E-state index >= 15 is 0 Å². The van der Waals surface area contributed by atoms with Gasteiger partial charge in [0.15, 0.2) is 11.6 Å². The van der Waals surface area contributed by atoms with Gasteiger partial charge < -0.3 is 19.6 Å². The molecule has 1 unspecified atom stereocenters. The fraction of sp³-hybridized carbons (Fsp3) is 0.379. The Morgan fingerprint density at radius 3 is 2.27 bits per heavy atom. The van der Waals surface area contributed by atoms with Crippen LogP contribution in [0.1, 0.15) is 6.42 Å². The normalized spacial score (nSPS) is 14.8. The van der Waals surface area contributed by atoms with Crippen molar-refractivity contribution in [2.75, 3.05) is 63.3 Å².